The lowest BCUT2D eigenvalue weighted by atomic mass is 9.98. The topological polar surface area (TPSA) is 91.9 Å². The number of hydrogen-bond donors (Lipinski definition) is 0. The van der Waals surface area contributed by atoms with Crippen LogP contribution in [0.4, 0.5) is 11.4 Å². The number of aromatic nitrogens is 2. The zero-order valence-electron chi connectivity index (χ0n) is 21.0. The predicted molar refractivity (Wildman–Crippen MR) is 141 cm³/mol. The molecule has 0 radical (unpaired) electrons. The van der Waals surface area contributed by atoms with Gasteiger partial charge in [0.2, 0.25) is 0 Å². The highest BCUT2D eigenvalue weighted by atomic mass is 16.6. The number of rotatable bonds is 8. The van der Waals surface area contributed by atoms with Crippen molar-refractivity contribution in [2.24, 2.45) is 0 Å². The molecule has 0 atom stereocenters. The Morgan fingerprint density at radius 1 is 0.919 bits per heavy atom. The van der Waals surface area contributed by atoms with Gasteiger partial charge in [-0.1, -0.05) is 24.3 Å². The molecule has 4 aromatic rings. The van der Waals surface area contributed by atoms with E-state index in [1.54, 1.807) is 33.5 Å². The Balaban J connectivity index is 1.58. The monoisotopic (exact) mass is 500 g/mol. The Bertz CT molecular complexity index is 1410. The van der Waals surface area contributed by atoms with Gasteiger partial charge in [-0.05, 0) is 30.2 Å². The molecule has 5 rings (SSSR count). The molecule has 0 N–H and O–H groups in total. The number of methoxy groups -OCH3 is 3. The van der Waals surface area contributed by atoms with Gasteiger partial charge in [0.25, 0.3) is 5.69 Å². The van der Waals surface area contributed by atoms with Crippen molar-refractivity contribution in [1.29, 1.82) is 0 Å². The fourth-order valence-electron chi connectivity index (χ4n) is 4.76. The summed E-state index contributed by atoms with van der Waals surface area (Å²) in [6, 6.07) is 20.5. The molecule has 0 saturated heterocycles. The van der Waals surface area contributed by atoms with Crippen LogP contribution in [0.5, 0.6) is 17.2 Å². The van der Waals surface area contributed by atoms with Gasteiger partial charge in [-0.25, -0.2) is 0 Å². The summed E-state index contributed by atoms with van der Waals surface area (Å²) in [6.07, 6.45) is 0.693. The minimum absolute atomic E-state index is 0.0550. The second kappa shape index (κ2) is 10.2. The Hall–Kier alpha value is -4.53. The number of nitro benzene ring substituents is 1. The maximum Gasteiger partial charge on any atom is 0.278 e. The Morgan fingerprint density at radius 3 is 2.24 bits per heavy atom. The predicted octanol–water partition coefficient (Wildman–Crippen LogP) is 5.10. The van der Waals surface area contributed by atoms with Crippen LogP contribution in [0, 0.1) is 10.1 Å². The second-order valence-corrected chi connectivity index (χ2v) is 8.80. The number of nitrogens with zero attached hydrogens (tertiary/aromatic N) is 4. The summed E-state index contributed by atoms with van der Waals surface area (Å²) >= 11 is 0. The zero-order valence-corrected chi connectivity index (χ0v) is 21.0. The first-order chi connectivity index (χ1) is 18.0. The summed E-state index contributed by atoms with van der Waals surface area (Å²) in [5.74, 6) is 2.21. The third-order valence-corrected chi connectivity index (χ3v) is 6.69. The van der Waals surface area contributed by atoms with E-state index in [0.29, 0.717) is 42.3 Å². The molecule has 2 heterocycles. The van der Waals surface area contributed by atoms with Crippen LogP contribution in [-0.4, -0.2) is 42.6 Å². The number of hydrogen-bond acceptors (Lipinski definition) is 7. The highest BCUT2D eigenvalue weighted by molar-refractivity contribution is 5.74. The van der Waals surface area contributed by atoms with E-state index < -0.39 is 0 Å². The number of benzene rings is 3. The average molecular weight is 501 g/mol. The number of ether oxygens (including phenoxy) is 3. The number of anilines is 1. The molecule has 0 unspecified atom stereocenters. The average Bonchev–Trinajstić information content (AvgIpc) is 3.30. The molecule has 0 amide bonds. The molecule has 190 valence electrons. The van der Waals surface area contributed by atoms with Crippen molar-refractivity contribution in [2.75, 3.05) is 32.8 Å². The minimum Gasteiger partial charge on any atom is -0.497 e. The lowest BCUT2D eigenvalue weighted by Crippen LogP contribution is -2.31. The maximum absolute atomic E-state index is 11.8. The van der Waals surface area contributed by atoms with Crippen molar-refractivity contribution in [2.45, 2.75) is 19.5 Å². The molecule has 0 aliphatic carbocycles. The zero-order chi connectivity index (χ0) is 25.9. The van der Waals surface area contributed by atoms with Crippen molar-refractivity contribution in [3.8, 4) is 28.5 Å². The van der Waals surface area contributed by atoms with Gasteiger partial charge >= 0.3 is 0 Å². The van der Waals surface area contributed by atoms with Gasteiger partial charge in [-0.3, -0.25) is 14.8 Å². The van der Waals surface area contributed by atoms with Crippen LogP contribution in [-0.2, 0) is 19.5 Å². The molecule has 0 spiro atoms. The summed E-state index contributed by atoms with van der Waals surface area (Å²) in [5.41, 5.74) is 5.35. The van der Waals surface area contributed by atoms with Gasteiger partial charge in [0.15, 0.2) is 0 Å². The Kier molecular flexibility index (Phi) is 6.68. The SMILES string of the molecule is COc1ccc(Cn2nc(-c3ccccc3[N+](=O)[O-])c3c2CN(c2cc(OC)cc(OC)c2)CC3)cc1. The largest absolute Gasteiger partial charge is 0.497 e. The lowest BCUT2D eigenvalue weighted by Gasteiger charge is -2.30. The molecule has 1 aliphatic heterocycles. The van der Waals surface area contributed by atoms with Crippen LogP contribution in [0.15, 0.2) is 66.7 Å². The Morgan fingerprint density at radius 2 is 1.59 bits per heavy atom. The molecular formula is C28H28N4O5. The fraction of sp³-hybridized carbons (Fsp3) is 0.250. The van der Waals surface area contributed by atoms with Crippen molar-refractivity contribution in [1.82, 2.24) is 9.78 Å². The van der Waals surface area contributed by atoms with Crippen molar-refractivity contribution < 1.29 is 19.1 Å². The first kappa shape index (κ1) is 24.2. The second-order valence-electron chi connectivity index (χ2n) is 8.80. The molecule has 1 aromatic heterocycles. The highest BCUT2D eigenvalue weighted by Gasteiger charge is 2.29. The van der Waals surface area contributed by atoms with E-state index in [1.165, 1.54) is 6.07 Å². The minimum atomic E-state index is -0.345. The molecule has 0 fully saturated rings. The van der Waals surface area contributed by atoms with Crippen LogP contribution in [0.3, 0.4) is 0 Å². The van der Waals surface area contributed by atoms with Crippen LogP contribution in [0.2, 0.25) is 0 Å². The molecule has 9 heteroatoms. The first-order valence-electron chi connectivity index (χ1n) is 11.9. The van der Waals surface area contributed by atoms with Gasteiger partial charge in [-0.15, -0.1) is 0 Å². The summed E-state index contributed by atoms with van der Waals surface area (Å²) < 4.78 is 18.2. The van der Waals surface area contributed by atoms with Crippen LogP contribution in [0.25, 0.3) is 11.3 Å². The lowest BCUT2D eigenvalue weighted by molar-refractivity contribution is -0.384. The third-order valence-electron chi connectivity index (χ3n) is 6.69. The van der Waals surface area contributed by atoms with Gasteiger partial charge < -0.3 is 19.1 Å². The molecular weight excluding hydrogens is 472 g/mol. The van der Waals surface area contributed by atoms with Gasteiger partial charge in [0, 0.05) is 42.1 Å². The van der Waals surface area contributed by atoms with Gasteiger partial charge in [-0.2, -0.15) is 5.10 Å². The van der Waals surface area contributed by atoms with Crippen LogP contribution < -0.4 is 19.1 Å². The van der Waals surface area contributed by atoms with Crippen molar-refractivity contribution >= 4 is 11.4 Å². The molecule has 3 aromatic carbocycles. The van der Waals surface area contributed by atoms with E-state index in [1.807, 2.05) is 53.2 Å². The number of nitro groups is 1. The number of fused-ring (bicyclic) bond motifs is 1. The highest BCUT2D eigenvalue weighted by Crippen LogP contribution is 2.37. The smallest absolute Gasteiger partial charge is 0.278 e. The molecule has 1 aliphatic rings. The third kappa shape index (κ3) is 4.80. The van der Waals surface area contributed by atoms with E-state index in [9.17, 15) is 10.1 Å². The summed E-state index contributed by atoms with van der Waals surface area (Å²) in [6.45, 7) is 1.85. The summed E-state index contributed by atoms with van der Waals surface area (Å²) in [4.78, 5) is 13.7. The van der Waals surface area contributed by atoms with E-state index in [4.69, 9.17) is 19.3 Å². The molecule has 37 heavy (non-hydrogen) atoms. The quantitative estimate of drug-likeness (QED) is 0.246. The molecule has 9 nitrogen and oxygen atoms in total. The summed E-state index contributed by atoms with van der Waals surface area (Å²) in [7, 11) is 4.91. The number of para-hydroxylation sites is 1. The molecule has 0 bridgehead atoms. The van der Waals surface area contributed by atoms with E-state index in [-0.39, 0.29) is 10.6 Å². The fourth-order valence-corrected chi connectivity index (χ4v) is 4.76. The molecule has 0 saturated carbocycles. The maximum atomic E-state index is 11.8. The van der Waals surface area contributed by atoms with Crippen molar-refractivity contribution in [3.63, 3.8) is 0 Å². The van der Waals surface area contributed by atoms with Crippen LogP contribution >= 0.6 is 0 Å². The Labute approximate surface area is 215 Å². The van der Waals surface area contributed by atoms with Crippen molar-refractivity contribution in [3.05, 3.63) is 93.7 Å². The van der Waals surface area contributed by atoms with E-state index in [0.717, 1.165) is 34.8 Å². The summed E-state index contributed by atoms with van der Waals surface area (Å²) in [5, 5.41) is 16.7. The standard InChI is InChI=1S/C28H28N4O5/c1-35-21-10-8-19(9-11-21)17-31-27-18-30(20-14-22(36-2)16-23(15-20)37-3)13-12-25(27)28(29-31)24-6-4-5-7-26(24)32(33)34/h4-11,14-16H,12-13,17-18H2,1-3H3. The first-order valence-corrected chi connectivity index (χ1v) is 11.9. The van der Waals surface area contributed by atoms with E-state index >= 15 is 0 Å². The van der Waals surface area contributed by atoms with Crippen LogP contribution in [0.1, 0.15) is 16.8 Å². The van der Waals surface area contributed by atoms with Gasteiger partial charge in [0.05, 0.1) is 50.6 Å². The normalized spacial score (nSPS) is 12.7. The van der Waals surface area contributed by atoms with E-state index in [2.05, 4.69) is 4.90 Å². The van der Waals surface area contributed by atoms with Gasteiger partial charge in [0.1, 0.15) is 22.9 Å².